The molecule has 0 saturated carbocycles. The summed E-state index contributed by atoms with van der Waals surface area (Å²) in [5.41, 5.74) is 2.75. The zero-order valence-corrected chi connectivity index (χ0v) is 7.53. The number of hydrogen-bond donors (Lipinski definition) is 0. The normalized spacial score (nSPS) is 10.7. The summed E-state index contributed by atoms with van der Waals surface area (Å²) in [7, 11) is 0. The number of rotatable bonds is 0. The van der Waals surface area contributed by atoms with Crippen molar-refractivity contribution in [2.45, 2.75) is 13.8 Å². The lowest BCUT2D eigenvalue weighted by atomic mass is 10.1. The van der Waals surface area contributed by atoms with Crippen molar-refractivity contribution < 1.29 is 0 Å². The van der Waals surface area contributed by atoms with Crippen molar-refractivity contribution >= 4 is 21.4 Å². The summed E-state index contributed by atoms with van der Waals surface area (Å²) in [6.07, 6.45) is 0. The van der Waals surface area contributed by atoms with Crippen LogP contribution in [0, 0.1) is 13.8 Å². The number of benzene rings is 1. The molecule has 11 heavy (non-hydrogen) atoms. The average Bonchev–Trinajstić information content (AvgIpc) is 2.34. The SMILES string of the molecule is Cc1cc(C)c2sccc2c1. The monoisotopic (exact) mass is 162 g/mol. The van der Waals surface area contributed by atoms with Gasteiger partial charge in [0.05, 0.1) is 0 Å². The Labute approximate surface area is 70.5 Å². The third kappa shape index (κ3) is 1.05. The van der Waals surface area contributed by atoms with Gasteiger partial charge in [0.25, 0.3) is 0 Å². The van der Waals surface area contributed by atoms with E-state index in [1.807, 2.05) is 11.3 Å². The Bertz CT molecular complexity index is 385. The summed E-state index contributed by atoms with van der Waals surface area (Å²) >= 11 is 1.82. The predicted molar refractivity (Wildman–Crippen MR) is 51.3 cm³/mol. The fraction of sp³-hybridized carbons (Fsp3) is 0.200. The molecule has 0 saturated heterocycles. The van der Waals surface area contributed by atoms with Gasteiger partial charge in [0, 0.05) is 4.70 Å². The Morgan fingerprint density at radius 1 is 1.18 bits per heavy atom. The van der Waals surface area contributed by atoms with Crippen molar-refractivity contribution in [1.29, 1.82) is 0 Å². The molecular formula is C10H10S. The Balaban J connectivity index is 2.91. The van der Waals surface area contributed by atoms with E-state index in [1.165, 1.54) is 21.2 Å². The van der Waals surface area contributed by atoms with Crippen LogP contribution >= 0.6 is 11.3 Å². The van der Waals surface area contributed by atoms with Crippen LogP contribution in [0.25, 0.3) is 10.1 Å². The molecule has 0 aliphatic rings. The quantitative estimate of drug-likeness (QED) is 0.556. The van der Waals surface area contributed by atoms with Gasteiger partial charge < -0.3 is 0 Å². The van der Waals surface area contributed by atoms with E-state index in [0.29, 0.717) is 0 Å². The third-order valence-corrected chi connectivity index (χ3v) is 2.95. The van der Waals surface area contributed by atoms with Crippen molar-refractivity contribution in [3.8, 4) is 0 Å². The first-order chi connectivity index (χ1) is 5.27. The van der Waals surface area contributed by atoms with E-state index in [-0.39, 0.29) is 0 Å². The highest BCUT2D eigenvalue weighted by molar-refractivity contribution is 7.17. The number of fused-ring (bicyclic) bond motifs is 1. The highest BCUT2D eigenvalue weighted by atomic mass is 32.1. The van der Waals surface area contributed by atoms with E-state index in [2.05, 4.69) is 37.4 Å². The number of hydrogen-bond acceptors (Lipinski definition) is 1. The van der Waals surface area contributed by atoms with Crippen LogP contribution in [-0.4, -0.2) is 0 Å². The van der Waals surface area contributed by atoms with Crippen LogP contribution in [0.3, 0.4) is 0 Å². The molecule has 0 atom stereocenters. The van der Waals surface area contributed by atoms with Crippen molar-refractivity contribution in [2.24, 2.45) is 0 Å². The zero-order valence-electron chi connectivity index (χ0n) is 6.72. The molecule has 0 unspecified atom stereocenters. The first-order valence-electron chi connectivity index (χ1n) is 3.72. The maximum absolute atomic E-state index is 2.23. The van der Waals surface area contributed by atoms with Crippen molar-refractivity contribution in [3.63, 3.8) is 0 Å². The van der Waals surface area contributed by atoms with Gasteiger partial charge in [-0.05, 0) is 36.2 Å². The van der Waals surface area contributed by atoms with E-state index in [0.717, 1.165) is 0 Å². The van der Waals surface area contributed by atoms with Gasteiger partial charge in [0.2, 0.25) is 0 Å². The summed E-state index contributed by atoms with van der Waals surface area (Å²) in [4.78, 5) is 0. The lowest BCUT2D eigenvalue weighted by Gasteiger charge is -1.97. The number of thiophene rings is 1. The fourth-order valence-electron chi connectivity index (χ4n) is 1.45. The van der Waals surface area contributed by atoms with E-state index < -0.39 is 0 Å². The molecule has 0 fully saturated rings. The summed E-state index contributed by atoms with van der Waals surface area (Å²) < 4.78 is 1.43. The summed E-state index contributed by atoms with van der Waals surface area (Å²) in [5.74, 6) is 0. The molecule has 1 heterocycles. The molecule has 0 spiro atoms. The topological polar surface area (TPSA) is 0 Å². The fourth-order valence-corrected chi connectivity index (χ4v) is 2.31. The first-order valence-corrected chi connectivity index (χ1v) is 4.60. The smallest absolute Gasteiger partial charge is 0.0372 e. The molecule has 0 aliphatic carbocycles. The molecule has 0 bridgehead atoms. The van der Waals surface area contributed by atoms with Gasteiger partial charge in [-0.1, -0.05) is 17.7 Å². The molecule has 2 aromatic rings. The maximum Gasteiger partial charge on any atom is 0.0372 e. The molecular weight excluding hydrogens is 152 g/mol. The maximum atomic E-state index is 2.23. The van der Waals surface area contributed by atoms with Crippen LogP contribution in [-0.2, 0) is 0 Å². The second kappa shape index (κ2) is 2.35. The molecule has 1 aromatic carbocycles. The molecule has 0 aliphatic heterocycles. The first kappa shape index (κ1) is 6.86. The van der Waals surface area contributed by atoms with Crippen LogP contribution in [0.15, 0.2) is 23.6 Å². The molecule has 1 aromatic heterocycles. The third-order valence-electron chi connectivity index (χ3n) is 1.88. The number of aryl methyl sites for hydroxylation is 2. The Kier molecular flexibility index (Phi) is 1.46. The highest BCUT2D eigenvalue weighted by Gasteiger charge is 1.98. The van der Waals surface area contributed by atoms with Gasteiger partial charge in [-0.25, -0.2) is 0 Å². The van der Waals surface area contributed by atoms with Gasteiger partial charge in [0.1, 0.15) is 0 Å². The molecule has 2 rings (SSSR count). The van der Waals surface area contributed by atoms with E-state index >= 15 is 0 Å². The van der Waals surface area contributed by atoms with Gasteiger partial charge >= 0.3 is 0 Å². The van der Waals surface area contributed by atoms with Gasteiger partial charge in [0.15, 0.2) is 0 Å². The standard InChI is InChI=1S/C10H10S/c1-7-5-8(2)10-9(6-7)3-4-11-10/h3-6H,1-2H3. The largest absolute Gasteiger partial charge is 0.144 e. The van der Waals surface area contributed by atoms with Crippen LogP contribution in [0.5, 0.6) is 0 Å². The van der Waals surface area contributed by atoms with Crippen molar-refractivity contribution in [2.75, 3.05) is 0 Å². The van der Waals surface area contributed by atoms with Gasteiger partial charge in [-0.2, -0.15) is 0 Å². The van der Waals surface area contributed by atoms with Crippen molar-refractivity contribution in [3.05, 3.63) is 34.7 Å². The lowest BCUT2D eigenvalue weighted by molar-refractivity contribution is 1.44. The summed E-state index contributed by atoms with van der Waals surface area (Å²) in [6, 6.07) is 6.65. The minimum Gasteiger partial charge on any atom is -0.144 e. The Hall–Kier alpha value is -0.820. The van der Waals surface area contributed by atoms with E-state index in [9.17, 15) is 0 Å². The van der Waals surface area contributed by atoms with Crippen molar-refractivity contribution in [1.82, 2.24) is 0 Å². The van der Waals surface area contributed by atoms with E-state index in [1.54, 1.807) is 0 Å². The summed E-state index contributed by atoms with van der Waals surface area (Å²) in [5, 5.41) is 3.53. The molecule has 0 N–H and O–H groups in total. The van der Waals surface area contributed by atoms with Gasteiger partial charge in [-0.15, -0.1) is 11.3 Å². The van der Waals surface area contributed by atoms with Crippen LogP contribution in [0.1, 0.15) is 11.1 Å². The zero-order chi connectivity index (χ0) is 7.84. The van der Waals surface area contributed by atoms with Crippen LogP contribution < -0.4 is 0 Å². The second-order valence-electron chi connectivity index (χ2n) is 2.92. The lowest BCUT2D eigenvalue weighted by Crippen LogP contribution is -1.75. The Morgan fingerprint density at radius 3 is 2.82 bits per heavy atom. The average molecular weight is 162 g/mol. The van der Waals surface area contributed by atoms with Crippen LogP contribution in [0.2, 0.25) is 0 Å². The van der Waals surface area contributed by atoms with E-state index in [4.69, 9.17) is 0 Å². The molecule has 0 nitrogen and oxygen atoms in total. The summed E-state index contributed by atoms with van der Waals surface area (Å²) in [6.45, 7) is 4.32. The molecule has 0 amide bonds. The molecule has 0 radical (unpaired) electrons. The van der Waals surface area contributed by atoms with Gasteiger partial charge in [-0.3, -0.25) is 0 Å². The minimum absolute atomic E-state index is 1.36. The van der Waals surface area contributed by atoms with Crippen LogP contribution in [0.4, 0.5) is 0 Å². The second-order valence-corrected chi connectivity index (χ2v) is 3.84. The molecule has 1 heteroatoms. The Morgan fingerprint density at radius 2 is 2.00 bits per heavy atom. The highest BCUT2D eigenvalue weighted by Crippen LogP contribution is 2.25. The molecule has 56 valence electrons. The predicted octanol–water partition coefficient (Wildman–Crippen LogP) is 3.52. The minimum atomic E-state index is 1.36.